The summed E-state index contributed by atoms with van der Waals surface area (Å²) < 4.78 is 6.23. The molecule has 1 aliphatic carbocycles. The molecule has 0 radical (unpaired) electrons. The van der Waals surface area contributed by atoms with E-state index in [1.165, 1.54) is 0 Å². The number of nitrogens with zero attached hydrogens (tertiary/aromatic N) is 1. The maximum absolute atomic E-state index is 13.7. The predicted molar refractivity (Wildman–Crippen MR) is 114 cm³/mol. The first kappa shape index (κ1) is 18.8. The molecule has 0 N–H and O–H groups in total. The number of benzene rings is 3. The van der Waals surface area contributed by atoms with E-state index in [2.05, 4.69) is 0 Å². The van der Waals surface area contributed by atoms with E-state index >= 15 is 0 Å². The second-order valence-corrected chi connectivity index (χ2v) is 8.24. The highest BCUT2D eigenvalue weighted by Gasteiger charge is 2.74. The van der Waals surface area contributed by atoms with Crippen LogP contribution in [0.3, 0.4) is 0 Å². The van der Waals surface area contributed by atoms with Gasteiger partial charge in [-0.3, -0.25) is 19.2 Å². The molecule has 0 saturated carbocycles. The average Bonchev–Trinajstić information content (AvgIpc) is 3.40. The first-order valence-corrected chi connectivity index (χ1v) is 10.4. The molecule has 2 saturated heterocycles. The topological polar surface area (TPSA) is 80.8 Å². The Morgan fingerprint density at radius 3 is 1.78 bits per heavy atom. The third kappa shape index (κ3) is 2.22. The Balaban J connectivity index is 1.56. The van der Waals surface area contributed by atoms with Crippen molar-refractivity contribution < 1.29 is 23.9 Å². The van der Waals surface area contributed by atoms with Crippen LogP contribution in [0.4, 0.5) is 5.69 Å². The summed E-state index contributed by atoms with van der Waals surface area (Å²) in [6.45, 7) is 0. The number of fused-ring (bicyclic) bond motifs is 3. The maximum atomic E-state index is 13.7. The average molecular weight is 423 g/mol. The first-order chi connectivity index (χ1) is 15.6. The van der Waals surface area contributed by atoms with Gasteiger partial charge < -0.3 is 4.74 Å². The molecular weight excluding hydrogens is 406 g/mol. The van der Waals surface area contributed by atoms with Gasteiger partial charge in [0.1, 0.15) is 0 Å². The van der Waals surface area contributed by atoms with Crippen LogP contribution in [0.5, 0.6) is 0 Å². The van der Waals surface area contributed by atoms with Gasteiger partial charge in [-0.2, -0.15) is 0 Å². The normalized spacial score (nSPS) is 25.5. The van der Waals surface area contributed by atoms with Crippen molar-refractivity contribution in [2.24, 2.45) is 11.8 Å². The minimum atomic E-state index is -2.04. The third-order valence-electron chi connectivity index (χ3n) is 6.66. The second-order valence-electron chi connectivity index (χ2n) is 8.24. The molecular formula is C26H17NO5. The lowest BCUT2D eigenvalue weighted by Gasteiger charge is -2.27. The summed E-state index contributed by atoms with van der Waals surface area (Å²) in [6.07, 6.45) is -0.895. The number of hydrogen-bond donors (Lipinski definition) is 0. The Kier molecular flexibility index (Phi) is 3.85. The van der Waals surface area contributed by atoms with E-state index in [9.17, 15) is 19.2 Å². The molecule has 2 aliphatic heterocycles. The molecule has 6 rings (SSSR count). The van der Waals surface area contributed by atoms with Crippen molar-refractivity contribution in [3.63, 3.8) is 0 Å². The van der Waals surface area contributed by atoms with Gasteiger partial charge in [0.25, 0.3) is 0 Å². The van der Waals surface area contributed by atoms with Crippen molar-refractivity contribution in [3.8, 4) is 0 Å². The molecule has 32 heavy (non-hydrogen) atoms. The molecule has 0 bridgehead atoms. The van der Waals surface area contributed by atoms with Crippen molar-refractivity contribution in [2.75, 3.05) is 4.90 Å². The Bertz CT molecular complexity index is 1270. The van der Waals surface area contributed by atoms with Crippen LogP contribution < -0.4 is 4.90 Å². The number of amides is 2. The molecule has 2 amide bonds. The number of para-hydroxylation sites is 1. The summed E-state index contributed by atoms with van der Waals surface area (Å²) in [6, 6.07) is 24.0. The Morgan fingerprint density at radius 1 is 0.656 bits per heavy atom. The van der Waals surface area contributed by atoms with Gasteiger partial charge in [0.15, 0.2) is 0 Å². The lowest BCUT2D eigenvalue weighted by molar-refractivity contribution is -0.127. The van der Waals surface area contributed by atoms with Crippen LogP contribution in [-0.2, 0) is 14.3 Å². The number of ketones is 2. The van der Waals surface area contributed by atoms with Crippen LogP contribution in [0, 0.1) is 11.8 Å². The molecule has 3 aromatic rings. The monoisotopic (exact) mass is 423 g/mol. The fraction of sp³-hybridized carbons (Fsp3) is 0.154. The molecule has 2 fully saturated rings. The molecule has 3 atom stereocenters. The fourth-order valence-corrected chi connectivity index (χ4v) is 5.29. The number of Topliss-reactive ketones (excluding diaryl/α,β-unsaturated/α-hetero) is 2. The quantitative estimate of drug-likeness (QED) is 0.466. The van der Waals surface area contributed by atoms with Crippen LogP contribution in [0.25, 0.3) is 0 Å². The summed E-state index contributed by atoms with van der Waals surface area (Å²) in [5.74, 6) is -4.36. The van der Waals surface area contributed by atoms with Crippen LogP contribution in [0.15, 0.2) is 84.9 Å². The minimum Gasteiger partial charge on any atom is -0.349 e. The highest BCUT2D eigenvalue weighted by Crippen LogP contribution is 2.57. The lowest BCUT2D eigenvalue weighted by Crippen LogP contribution is -2.51. The van der Waals surface area contributed by atoms with Crippen molar-refractivity contribution in [1.82, 2.24) is 0 Å². The smallest absolute Gasteiger partial charge is 0.241 e. The molecule has 0 aromatic heterocycles. The number of carbonyl (C=O) groups is 4. The number of imide groups is 1. The number of carbonyl (C=O) groups excluding carboxylic acids is 4. The second kappa shape index (κ2) is 6.55. The molecule has 6 heteroatoms. The van der Waals surface area contributed by atoms with Gasteiger partial charge in [0, 0.05) is 11.1 Å². The zero-order chi connectivity index (χ0) is 22.0. The van der Waals surface area contributed by atoms with E-state index < -0.39 is 46.9 Å². The van der Waals surface area contributed by atoms with E-state index in [4.69, 9.17) is 4.74 Å². The van der Waals surface area contributed by atoms with Gasteiger partial charge in [-0.25, -0.2) is 4.90 Å². The molecule has 2 heterocycles. The minimum absolute atomic E-state index is 0.225. The van der Waals surface area contributed by atoms with E-state index in [1.807, 2.05) is 6.07 Å². The number of rotatable bonds is 2. The van der Waals surface area contributed by atoms with Gasteiger partial charge in [-0.1, -0.05) is 72.8 Å². The fourth-order valence-electron chi connectivity index (χ4n) is 5.29. The van der Waals surface area contributed by atoms with Crippen molar-refractivity contribution >= 4 is 29.1 Å². The predicted octanol–water partition coefficient (Wildman–Crippen LogP) is 3.38. The van der Waals surface area contributed by atoms with Gasteiger partial charge in [-0.05, 0) is 17.7 Å². The van der Waals surface area contributed by atoms with Gasteiger partial charge in [0.2, 0.25) is 29.0 Å². The lowest BCUT2D eigenvalue weighted by atomic mass is 9.77. The number of hydrogen-bond acceptors (Lipinski definition) is 5. The van der Waals surface area contributed by atoms with Crippen molar-refractivity contribution in [1.29, 1.82) is 0 Å². The summed E-state index contributed by atoms with van der Waals surface area (Å²) >= 11 is 0. The van der Waals surface area contributed by atoms with Gasteiger partial charge >= 0.3 is 0 Å². The summed E-state index contributed by atoms with van der Waals surface area (Å²) in [5.41, 5.74) is -0.529. The highest BCUT2D eigenvalue weighted by atomic mass is 16.5. The molecule has 156 valence electrons. The maximum Gasteiger partial charge on any atom is 0.241 e. The highest BCUT2D eigenvalue weighted by molar-refractivity contribution is 6.37. The Hall–Kier alpha value is -3.90. The Morgan fingerprint density at radius 2 is 1.19 bits per heavy atom. The zero-order valence-electron chi connectivity index (χ0n) is 16.8. The van der Waals surface area contributed by atoms with Gasteiger partial charge in [-0.15, -0.1) is 0 Å². The largest absolute Gasteiger partial charge is 0.349 e. The van der Waals surface area contributed by atoms with Crippen molar-refractivity contribution in [3.05, 3.63) is 102 Å². The first-order valence-electron chi connectivity index (χ1n) is 10.4. The Labute approximate surface area is 183 Å². The van der Waals surface area contributed by atoms with E-state index in [0.29, 0.717) is 11.3 Å². The van der Waals surface area contributed by atoms with Crippen LogP contribution in [-0.4, -0.2) is 29.0 Å². The molecule has 6 nitrogen and oxygen atoms in total. The molecule has 1 spiro atoms. The third-order valence-corrected chi connectivity index (χ3v) is 6.66. The van der Waals surface area contributed by atoms with E-state index in [1.54, 1.807) is 78.9 Å². The molecule has 3 unspecified atom stereocenters. The van der Waals surface area contributed by atoms with E-state index in [0.717, 1.165) is 4.90 Å². The summed E-state index contributed by atoms with van der Waals surface area (Å²) in [4.78, 5) is 55.6. The molecule has 3 aliphatic rings. The van der Waals surface area contributed by atoms with Crippen molar-refractivity contribution in [2.45, 2.75) is 11.7 Å². The van der Waals surface area contributed by atoms with Crippen LogP contribution >= 0.6 is 0 Å². The molecule has 3 aromatic carbocycles. The van der Waals surface area contributed by atoms with Gasteiger partial charge in [0.05, 0.1) is 23.6 Å². The summed E-state index contributed by atoms with van der Waals surface area (Å²) in [7, 11) is 0. The number of anilines is 1. The zero-order valence-corrected chi connectivity index (χ0v) is 16.8. The number of ether oxygens (including phenoxy) is 1. The van der Waals surface area contributed by atoms with E-state index in [-0.39, 0.29) is 11.1 Å². The van der Waals surface area contributed by atoms with Crippen LogP contribution in [0.2, 0.25) is 0 Å². The summed E-state index contributed by atoms with van der Waals surface area (Å²) in [5, 5.41) is 0. The standard InChI is InChI=1S/C26H17NO5/c28-22-17-13-7-8-14-18(17)23(29)26(22)20-19(21(32-26)15-9-3-1-4-10-15)24(30)27(25(20)31)16-11-5-2-6-12-16/h1-14,19-21H. The van der Waals surface area contributed by atoms with Crippen LogP contribution in [0.1, 0.15) is 32.4 Å². The SMILES string of the molecule is O=C1C2C(c3ccccc3)OC3(C(=O)c4ccccc4C3=O)C2C(=O)N1c1ccccc1.